The number of hydrogen-bond acceptors (Lipinski definition) is 5. The third-order valence-electron chi connectivity index (χ3n) is 4.96. The zero-order valence-corrected chi connectivity index (χ0v) is 27.4. The Kier molecular flexibility index (Phi) is 21.7. The molecule has 0 radical (unpaired) electrons. The van der Waals surface area contributed by atoms with Gasteiger partial charge >= 0.3 is 0 Å². The molecule has 0 spiro atoms. The summed E-state index contributed by atoms with van der Waals surface area (Å²) >= 11 is 0. The Hall–Kier alpha value is -4.51. The van der Waals surface area contributed by atoms with Crippen LogP contribution in [0.2, 0.25) is 0 Å². The first-order chi connectivity index (χ1) is 20.9. The van der Waals surface area contributed by atoms with Crippen molar-refractivity contribution in [3.05, 3.63) is 128 Å². The molecule has 0 N–H and O–H groups in total. The Labute approximate surface area is 256 Å². The van der Waals surface area contributed by atoms with Crippen LogP contribution in [0.1, 0.15) is 69.2 Å². The lowest BCUT2D eigenvalue weighted by Crippen LogP contribution is -2.16. The molecular weight excluding hydrogens is 514 g/mol. The minimum absolute atomic E-state index is 0.768. The SMILES string of the molecule is CC.CC.CC.CC.CC.c1ccc(N(c2ccccn2)c2cccc(N(c3ccccc3)c3ccccn3)n2)cc1. The van der Waals surface area contributed by atoms with Crippen LogP contribution < -0.4 is 9.80 Å². The van der Waals surface area contributed by atoms with Gasteiger partial charge in [0.05, 0.1) is 0 Å². The highest BCUT2D eigenvalue weighted by molar-refractivity contribution is 5.76. The zero-order valence-electron chi connectivity index (χ0n) is 27.4. The molecule has 42 heavy (non-hydrogen) atoms. The first-order valence-corrected chi connectivity index (χ1v) is 15.4. The standard InChI is InChI=1S/C27H21N5.5C2H6/c1-3-12-22(13-4-1)31(24-16-7-9-20-28-24)26-18-11-19-27(30-26)32(23-14-5-2-6-15-23)25-17-8-10-21-29-25;5*1-2/h1-21H;5*1-2H3. The first-order valence-electron chi connectivity index (χ1n) is 15.4. The van der Waals surface area contributed by atoms with E-state index in [2.05, 4.69) is 34.2 Å². The van der Waals surface area contributed by atoms with E-state index in [0.29, 0.717) is 0 Å². The molecule has 2 aromatic carbocycles. The zero-order chi connectivity index (χ0) is 31.6. The Balaban J connectivity index is 0.00000153. The van der Waals surface area contributed by atoms with Crippen molar-refractivity contribution in [3.8, 4) is 0 Å². The van der Waals surface area contributed by atoms with Gasteiger partial charge in [0.2, 0.25) is 0 Å². The number of anilines is 6. The van der Waals surface area contributed by atoms with E-state index in [-0.39, 0.29) is 0 Å². The highest BCUT2D eigenvalue weighted by Gasteiger charge is 2.19. The van der Waals surface area contributed by atoms with E-state index in [9.17, 15) is 0 Å². The van der Waals surface area contributed by atoms with Crippen LogP contribution in [0.4, 0.5) is 34.6 Å². The molecule has 0 aliphatic rings. The molecule has 224 valence electrons. The summed E-state index contributed by atoms with van der Waals surface area (Å²) in [5, 5.41) is 0. The molecule has 3 aromatic heterocycles. The first kappa shape index (κ1) is 37.5. The van der Waals surface area contributed by atoms with E-state index in [1.165, 1.54) is 0 Å². The van der Waals surface area contributed by atoms with Gasteiger partial charge in [-0.1, -0.05) is 124 Å². The van der Waals surface area contributed by atoms with Crippen molar-refractivity contribution < 1.29 is 0 Å². The van der Waals surface area contributed by atoms with Crippen LogP contribution in [0.25, 0.3) is 0 Å². The number of para-hydroxylation sites is 2. The topological polar surface area (TPSA) is 45.2 Å². The van der Waals surface area contributed by atoms with Gasteiger partial charge in [-0.15, -0.1) is 0 Å². The highest BCUT2D eigenvalue weighted by atomic mass is 15.3. The van der Waals surface area contributed by atoms with Crippen molar-refractivity contribution in [1.82, 2.24) is 15.0 Å². The molecule has 3 heterocycles. The molecular formula is C37H51N5. The third-order valence-corrected chi connectivity index (χ3v) is 4.96. The predicted octanol–water partition coefficient (Wildman–Crippen LogP) is 11.9. The van der Waals surface area contributed by atoms with Crippen LogP contribution in [0, 0.1) is 0 Å². The largest absolute Gasteiger partial charge is 0.279 e. The lowest BCUT2D eigenvalue weighted by atomic mass is 10.2. The smallest absolute Gasteiger partial charge is 0.141 e. The molecule has 0 amide bonds. The number of aromatic nitrogens is 3. The van der Waals surface area contributed by atoms with Crippen molar-refractivity contribution in [2.45, 2.75) is 69.2 Å². The summed E-state index contributed by atoms with van der Waals surface area (Å²) in [6, 6.07) is 38.0. The van der Waals surface area contributed by atoms with Crippen LogP contribution in [0.15, 0.2) is 128 Å². The quantitative estimate of drug-likeness (QED) is 0.205. The normalized spacial score (nSPS) is 8.71. The van der Waals surface area contributed by atoms with E-state index < -0.39 is 0 Å². The average Bonchev–Trinajstić information content (AvgIpc) is 3.12. The van der Waals surface area contributed by atoms with Crippen LogP contribution >= 0.6 is 0 Å². The summed E-state index contributed by atoms with van der Waals surface area (Å²) in [4.78, 5) is 18.3. The molecule has 0 aliphatic carbocycles. The Morgan fingerprint density at radius 1 is 0.333 bits per heavy atom. The highest BCUT2D eigenvalue weighted by Crippen LogP contribution is 2.36. The van der Waals surface area contributed by atoms with Gasteiger partial charge in [0.25, 0.3) is 0 Å². The summed E-state index contributed by atoms with van der Waals surface area (Å²) < 4.78 is 0. The van der Waals surface area contributed by atoms with Gasteiger partial charge in [-0.2, -0.15) is 0 Å². The lowest BCUT2D eigenvalue weighted by molar-refractivity contribution is 1.08. The van der Waals surface area contributed by atoms with Gasteiger partial charge in [0, 0.05) is 23.8 Å². The molecule has 5 aromatic rings. The summed E-state index contributed by atoms with van der Waals surface area (Å²) in [6.07, 6.45) is 3.58. The van der Waals surface area contributed by atoms with E-state index in [0.717, 1.165) is 34.6 Å². The summed E-state index contributed by atoms with van der Waals surface area (Å²) in [6.45, 7) is 20.0. The Bertz CT molecular complexity index is 1090. The number of nitrogens with zero attached hydrogens (tertiary/aromatic N) is 5. The van der Waals surface area contributed by atoms with E-state index in [1.807, 2.05) is 170 Å². The molecule has 5 rings (SSSR count). The van der Waals surface area contributed by atoms with E-state index >= 15 is 0 Å². The Morgan fingerprint density at radius 3 is 0.952 bits per heavy atom. The van der Waals surface area contributed by atoms with E-state index in [4.69, 9.17) is 4.98 Å². The Morgan fingerprint density at radius 2 is 0.643 bits per heavy atom. The molecule has 5 heteroatoms. The maximum atomic E-state index is 5.05. The van der Waals surface area contributed by atoms with Gasteiger partial charge in [0.1, 0.15) is 23.3 Å². The fourth-order valence-corrected chi connectivity index (χ4v) is 3.55. The summed E-state index contributed by atoms with van der Waals surface area (Å²) in [7, 11) is 0. The molecule has 0 saturated heterocycles. The van der Waals surface area contributed by atoms with Gasteiger partial charge in [-0.05, 0) is 60.7 Å². The average molecular weight is 566 g/mol. The second-order valence-electron chi connectivity index (χ2n) is 7.07. The van der Waals surface area contributed by atoms with Gasteiger partial charge in [0.15, 0.2) is 0 Å². The van der Waals surface area contributed by atoms with Crippen LogP contribution in [0.3, 0.4) is 0 Å². The fraction of sp³-hybridized carbons (Fsp3) is 0.270. The molecule has 0 unspecified atom stereocenters. The number of hydrogen-bond donors (Lipinski definition) is 0. The molecule has 0 saturated carbocycles. The second kappa shape index (κ2) is 24.3. The van der Waals surface area contributed by atoms with E-state index in [1.54, 1.807) is 12.4 Å². The minimum Gasteiger partial charge on any atom is -0.279 e. The maximum Gasteiger partial charge on any atom is 0.141 e. The number of benzene rings is 2. The lowest BCUT2D eigenvalue weighted by Gasteiger charge is -2.26. The van der Waals surface area contributed by atoms with Gasteiger partial charge in [-0.25, -0.2) is 15.0 Å². The maximum absolute atomic E-state index is 5.05. The minimum atomic E-state index is 0.768. The second-order valence-corrected chi connectivity index (χ2v) is 7.07. The van der Waals surface area contributed by atoms with Crippen molar-refractivity contribution in [2.75, 3.05) is 9.80 Å². The van der Waals surface area contributed by atoms with Crippen LogP contribution in [0.5, 0.6) is 0 Å². The molecule has 5 nitrogen and oxygen atoms in total. The van der Waals surface area contributed by atoms with Crippen molar-refractivity contribution in [3.63, 3.8) is 0 Å². The van der Waals surface area contributed by atoms with Gasteiger partial charge < -0.3 is 0 Å². The third kappa shape index (κ3) is 11.2. The predicted molar refractivity (Wildman–Crippen MR) is 186 cm³/mol. The molecule has 0 aliphatic heterocycles. The monoisotopic (exact) mass is 565 g/mol. The number of pyridine rings is 3. The summed E-state index contributed by atoms with van der Waals surface area (Å²) in [5.74, 6) is 3.13. The van der Waals surface area contributed by atoms with Gasteiger partial charge in [-0.3, -0.25) is 9.80 Å². The van der Waals surface area contributed by atoms with Crippen molar-refractivity contribution in [2.24, 2.45) is 0 Å². The molecule has 0 atom stereocenters. The molecule has 0 fully saturated rings. The fourth-order valence-electron chi connectivity index (χ4n) is 3.55. The van der Waals surface area contributed by atoms with Crippen molar-refractivity contribution >= 4 is 34.6 Å². The van der Waals surface area contributed by atoms with Crippen LogP contribution in [-0.4, -0.2) is 15.0 Å². The number of rotatable bonds is 6. The van der Waals surface area contributed by atoms with Crippen molar-refractivity contribution in [1.29, 1.82) is 0 Å². The summed E-state index contributed by atoms with van der Waals surface area (Å²) in [5.41, 5.74) is 1.97. The molecule has 0 bridgehead atoms. The van der Waals surface area contributed by atoms with Crippen LogP contribution in [-0.2, 0) is 0 Å².